The highest BCUT2D eigenvalue weighted by Crippen LogP contribution is 2.52. The fourth-order valence-electron chi connectivity index (χ4n) is 4.21. The van der Waals surface area contributed by atoms with Crippen LogP contribution in [-0.2, 0) is 30.6 Å². The molecule has 2 aromatic heterocycles. The minimum atomic E-state index is -3.71. The van der Waals surface area contributed by atoms with Crippen LogP contribution in [0.3, 0.4) is 0 Å². The van der Waals surface area contributed by atoms with Crippen molar-refractivity contribution in [3.05, 3.63) is 36.7 Å². The summed E-state index contributed by atoms with van der Waals surface area (Å²) in [6, 6.07) is 7.27. The average Bonchev–Trinajstić information content (AvgIpc) is 3.40. The maximum absolute atomic E-state index is 16.3. The van der Waals surface area contributed by atoms with Crippen molar-refractivity contribution in [1.29, 1.82) is 0 Å². The van der Waals surface area contributed by atoms with Crippen LogP contribution in [0, 0.1) is 0 Å². The Bertz CT molecular complexity index is 1450. The molecule has 0 amide bonds. The van der Waals surface area contributed by atoms with Crippen LogP contribution in [0.1, 0.15) is 27.0 Å². The zero-order valence-electron chi connectivity index (χ0n) is 23.0. The number of nitrogens with one attached hydrogen (secondary N) is 1. The summed E-state index contributed by atoms with van der Waals surface area (Å²) in [5.74, 6) is -3.26. The summed E-state index contributed by atoms with van der Waals surface area (Å²) in [5, 5.41) is 13.6. The molecule has 13 nitrogen and oxygen atoms in total. The van der Waals surface area contributed by atoms with Crippen LogP contribution >= 0.6 is 6.64 Å². The number of nitrogens with two attached hydrogens (primary N) is 1. The Hall–Kier alpha value is -3.01. The monoisotopic (exact) mass is 615 g/mol. The number of fused-ring (bicyclic) bond motifs is 1. The zero-order valence-corrected chi connectivity index (χ0v) is 24.7. The number of esters is 1. The van der Waals surface area contributed by atoms with E-state index in [9.17, 15) is 9.90 Å². The first-order valence-corrected chi connectivity index (χ1v) is 15.2. The van der Waals surface area contributed by atoms with E-state index in [4.69, 9.17) is 36.1 Å². The number of imidazole rings is 1. The number of aliphatic hydroxyl groups is 1. The molecule has 1 aromatic carbocycles. The molecule has 1 fully saturated rings. The maximum atomic E-state index is 16.3. The number of benzene rings is 1. The third-order valence-corrected chi connectivity index (χ3v) is 8.70. The summed E-state index contributed by atoms with van der Waals surface area (Å²) in [6.07, 6.45) is -2.88. The van der Waals surface area contributed by atoms with Gasteiger partial charge in [0.25, 0.3) is 5.85 Å². The van der Waals surface area contributed by atoms with Gasteiger partial charge in [0, 0.05) is 14.1 Å². The van der Waals surface area contributed by atoms with E-state index in [1.165, 1.54) is 13.3 Å². The number of anilines is 2. The number of aromatic nitrogens is 4. The van der Waals surface area contributed by atoms with Crippen molar-refractivity contribution in [3.8, 4) is 5.75 Å². The van der Waals surface area contributed by atoms with Gasteiger partial charge >= 0.3 is 12.6 Å². The van der Waals surface area contributed by atoms with Gasteiger partial charge in [0.2, 0.25) is 5.95 Å². The molecule has 17 heteroatoms. The summed E-state index contributed by atoms with van der Waals surface area (Å²) in [7, 11) is 3.41. The van der Waals surface area contributed by atoms with Crippen molar-refractivity contribution in [2.45, 2.75) is 50.7 Å². The molecule has 3 aromatic rings. The number of alkyl halides is 2. The first kappa shape index (κ1) is 30.9. The largest absolute Gasteiger partial charge is 0.465 e. The molecule has 0 spiro atoms. The standard InChI is InChI=1S/C24H32F2N7O6PS/c1-6-36-19(34)14(2)31-40(41,39-15-10-8-7-9-11-15)37-12-24(26)20(35)23(3,25)21(38-24)33-13-28-16-17(32(4)5)29-22(27)30-18(16)33/h7-11,13-14,20-21,35H,6,12H2,1-5H3,(H,31,41)(H2,27,29,30)/t14-,20+,21-,23-,24-,40+/m1/s1. The van der Waals surface area contributed by atoms with Crippen molar-refractivity contribution in [3.63, 3.8) is 0 Å². The third-order valence-electron chi connectivity index (χ3n) is 6.22. The van der Waals surface area contributed by atoms with Crippen molar-refractivity contribution in [1.82, 2.24) is 24.6 Å². The number of aliphatic hydroxyl groups excluding tert-OH is 1. The van der Waals surface area contributed by atoms with Gasteiger partial charge in [-0.2, -0.15) is 9.97 Å². The number of ether oxygens (including phenoxy) is 2. The molecule has 4 N–H and O–H groups in total. The zero-order chi connectivity index (χ0) is 30.2. The highest BCUT2D eigenvalue weighted by Gasteiger charge is 2.65. The van der Waals surface area contributed by atoms with E-state index >= 15 is 8.78 Å². The quantitative estimate of drug-likeness (QED) is 0.214. The number of carbonyl (C=O) groups excluding carboxylic acids is 1. The van der Waals surface area contributed by atoms with Crippen LogP contribution in [0.15, 0.2) is 36.7 Å². The topological polar surface area (TPSA) is 159 Å². The molecular weight excluding hydrogens is 583 g/mol. The molecule has 1 aliphatic heterocycles. The number of hydrogen-bond acceptors (Lipinski definition) is 12. The number of para-hydroxylation sites is 1. The number of rotatable bonds is 11. The van der Waals surface area contributed by atoms with Crippen LogP contribution in [0.25, 0.3) is 11.2 Å². The van der Waals surface area contributed by atoms with Gasteiger partial charge in [0.1, 0.15) is 18.4 Å². The van der Waals surface area contributed by atoms with E-state index in [1.807, 2.05) is 0 Å². The van der Waals surface area contributed by atoms with Crippen LogP contribution in [0.5, 0.6) is 5.75 Å². The van der Waals surface area contributed by atoms with Crippen LogP contribution in [-0.4, -0.2) is 81.6 Å². The second kappa shape index (κ2) is 11.7. The Labute approximate surface area is 240 Å². The number of nitrogen functional groups attached to an aromatic ring is 1. The van der Waals surface area contributed by atoms with Gasteiger partial charge in [0.05, 0.1) is 12.9 Å². The van der Waals surface area contributed by atoms with Crippen LogP contribution in [0.2, 0.25) is 0 Å². The normalized spacial score (nSPS) is 26.4. The van der Waals surface area contributed by atoms with E-state index in [0.29, 0.717) is 5.82 Å². The fourth-order valence-corrected chi connectivity index (χ4v) is 6.60. The SMILES string of the molecule is CCOC(=O)[C@@H](C)N[P@](=S)(OC[C@@]1(F)O[C@@H](n2cnc3c(N(C)C)nc(N)nc32)[C@](C)(F)[C@@H]1O)Oc1ccccc1. The lowest BCUT2D eigenvalue weighted by Crippen LogP contribution is -2.47. The first-order chi connectivity index (χ1) is 19.2. The van der Waals surface area contributed by atoms with Gasteiger partial charge in [-0.3, -0.25) is 9.36 Å². The second-order valence-corrected chi connectivity index (χ2v) is 12.8. The van der Waals surface area contributed by atoms with Crippen molar-refractivity contribution >= 4 is 47.3 Å². The molecule has 6 atom stereocenters. The number of halogens is 2. The highest BCUT2D eigenvalue weighted by molar-refractivity contribution is 8.09. The van der Waals surface area contributed by atoms with Gasteiger partial charge in [-0.15, -0.1) is 0 Å². The lowest BCUT2D eigenvalue weighted by Gasteiger charge is -2.30. The number of nitrogens with zero attached hydrogens (tertiary/aromatic N) is 5. The lowest BCUT2D eigenvalue weighted by molar-refractivity contribution is -0.202. The van der Waals surface area contributed by atoms with Crippen LogP contribution < -0.4 is 20.2 Å². The van der Waals surface area contributed by atoms with Crippen molar-refractivity contribution in [2.24, 2.45) is 0 Å². The third kappa shape index (κ3) is 6.27. The summed E-state index contributed by atoms with van der Waals surface area (Å²) >= 11 is 5.57. The number of hydrogen-bond donors (Lipinski definition) is 3. The Morgan fingerprint density at radius 3 is 2.66 bits per heavy atom. The number of carbonyl (C=O) groups is 1. The molecule has 0 bridgehead atoms. The Balaban J connectivity index is 1.63. The molecule has 0 saturated carbocycles. The van der Waals surface area contributed by atoms with Crippen molar-refractivity contribution in [2.75, 3.05) is 37.9 Å². The van der Waals surface area contributed by atoms with E-state index in [1.54, 1.807) is 56.3 Å². The van der Waals surface area contributed by atoms with Gasteiger partial charge in [0.15, 0.2) is 35.0 Å². The molecule has 224 valence electrons. The smallest absolute Gasteiger partial charge is 0.323 e. The van der Waals surface area contributed by atoms with Crippen molar-refractivity contribution < 1.29 is 37.2 Å². The predicted molar refractivity (Wildman–Crippen MR) is 150 cm³/mol. The summed E-state index contributed by atoms with van der Waals surface area (Å²) in [5.41, 5.74) is 3.47. The average molecular weight is 616 g/mol. The van der Waals surface area contributed by atoms with Gasteiger partial charge in [-0.05, 0) is 44.7 Å². The molecule has 41 heavy (non-hydrogen) atoms. The van der Waals surface area contributed by atoms with Gasteiger partial charge < -0.3 is 34.3 Å². The highest BCUT2D eigenvalue weighted by atomic mass is 32.5. The minimum absolute atomic E-state index is 0.0647. The Kier molecular flexibility index (Phi) is 8.83. The Morgan fingerprint density at radius 1 is 1.34 bits per heavy atom. The second-order valence-electron chi connectivity index (χ2n) is 9.71. The molecule has 1 aliphatic rings. The van der Waals surface area contributed by atoms with E-state index in [-0.39, 0.29) is 29.5 Å². The molecule has 0 radical (unpaired) electrons. The van der Waals surface area contributed by atoms with Gasteiger partial charge in [-0.1, -0.05) is 18.2 Å². The summed E-state index contributed by atoms with van der Waals surface area (Å²) < 4.78 is 55.5. The molecule has 3 heterocycles. The van der Waals surface area contributed by atoms with Crippen LogP contribution in [0.4, 0.5) is 20.5 Å². The lowest BCUT2D eigenvalue weighted by atomic mass is 9.97. The summed E-state index contributed by atoms with van der Waals surface area (Å²) in [6.45, 7) is -0.563. The predicted octanol–water partition coefficient (Wildman–Crippen LogP) is 2.62. The molecular formula is C24H32F2N7O6PS. The molecule has 0 aliphatic carbocycles. The maximum Gasteiger partial charge on any atom is 0.323 e. The van der Waals surface area contributed by atoms with E-state index in [0.717, 1.165) is 11.5 Å². The van der Waals surface area contributed by atoms with E-state index < -0.39 is 49.1 Å². The minimum Gasteiger partial charge on any atom is -0.465 e. The van der Waals surface area contributed by atoms with Gasteiger partial charge in [-0.25, -0.2) is 18.9 Å². The molecule has 1 saturated heterocycles. The fraction of sp³-hybridized carbons (Fsp3) is 0.500. The first-order valence-electron chi connectivity index (χ1n) is 12.6. The molecule has 4 rings (SSSR count). The molecule has 0 unspecified atom stereocenters. The van der Waals surface area contributed by atoms with E-state index in [2.05, 4.69) is 20.0 Å². The summed E-state index contributed by atoms with van der Waals surface area (Å²) in [4.78, 5) is 26.4. The Morgan fingerprint density at radius 2 is 2.02 bits per heavy atom.